The summed E-state index contributed by atoms with van der Waals surface area (Å²) in [6.45, 7) is 0.777. The highest BCUT2D eigenvalue weighted by molar-refractivity contribution is 7.89. The number of aromatic amines is 1. The normalized spacial score (nSPS) is 11.8. The summed E-state index contributed by atoms with van der Waals surface area (Å²) < 4.78 is 27.3. The molecular weight excluding hydrogens is 230 g/mol. The molecule has 2 heterocycles. The first kappa shape index (κ1) is 10.8. The summed E-state index contributed by atoms with van der Waals surface area (Å²) >= 11 is 0. The molecule has 86 valence electrons. The van der Waals surface area contributed by atoms with Crippen molar-refractivity contribution in [2.45, 2.75) is 11.4 Å². The van der Waals surface area contributed by atoms with E-state index in [4.69, 9.17) is 0 Å². The molecule has 0 amide bonds. The Morgan fingerprint density at radius 1 is 1.50 bits per heavy atom. The molecular formula is C8H11N5O2S. The number of aromatic nitrogens is 4. The van der Waals surface area contributed by atoms with Gasteiger partial charge in [0.25, 0.3) is 0 Å². The maximum Gasteiger partial charge on any atom is 0.243 e. The molecule has 0 saturated carbocycles. The molecule has 7 nitrogen and oxygen atoms in total. The minimum Gasteiger partial charge on any atom is -0.284 e. The first-order valence-electron chi connectivity index (χ1n) is 4.64. The number of nitrogens with zero attached hydrogens (tertiary/aromatic N) is 3. The molecule has 0 bridgehead atoms. The maximum absolute atomic E-state index is 11.6. The van der Waals surface area contributed by atoms with Gasteiger partial charge in [-0.05, 0) is 6.07 Å². The van der Waals surface area contributed by atoms with Gasteiger partial charge in [0.2, 0.25) is 10.0 Å². The van der Waals surface area contributed by atoms with Crippen LogP contribution >= 0.6 is 0 Å². The van der Waals surface area contributed by atoms with Crippen LogP contribution in [0, 0.1) is 0 Å². The summed E-state index contributed by atoms with van der Waals surface area (Å²) in [7, 11) is -3.46. The van der Waals surface area contributed by atoms with Crippen molar-refractivity contribution in [1.82, 2.24) is 24.7 Å². The Morgan fingerprint density at radius 3 is 3.00 bits per heavy atom. The van der Waals surface area contributed by atoms with Gasteiger partial charge in [-0.2, -0.15) is 10.2 Å². The van der Waals surface area contributed by atoms with Crippen molar-refractivity contribution in [2.75, 3.05) is 6.54 Å². The van der Waals surface area contributed by atoms with Gasteiger partial charge in [-0.3, -0.25) is 9.78 Å². The smallest absolute Gasteiger partial charge is 0.243 e. The van der Waals surface area contributed by atoms with Crippen LogP contribution in [0.25, 0.3) is 0 Å². The summed E-state index contributed by atoms with van der Waals surface area (Å²) in [6.07, 6.45) is 6.00. The van der Waals surface area contributed by atoms with Gasteiger partial charge in [-0.15, -0.1) is 0 Å². The van der Waals surface area contributed by atoms with Crippen LogP contribution < -0.4 is 4.72 Å². The van der Waals surface area contributed by atoms with Gasteiger partial charge in [0.1, 0.15) is 4.90 Å². The van der Waals surface area contributed by atoms with E-state index in [1.807, 2.05) is 0 Å². The molecule has 0 aromatic carbocycles. The number of hydrogen-bond acceptors (Lipinski definition) is 4. The zero-order valence-electron chi connectivity index (χ0n) is 8.37. The predicted molar refractivity (Wildman–Crippen MR) is 56.0 cm³/mol. The van der Waals surface area contributed by atoms with E-state index in [-0.39, 0.29) is 11.4 Å². The molecule has 0 saturated heterocycles. The maximum atomic E-state index is 11.6. The molecule has 2 rings (SSSR count). The second kappa shape index (κ2) is 4.45. The summed E-state index contributed by atoms with van der Waals surface area (Å²) in [5, 5.41) is 10.00. The van der Waals surface area contributed by atoms with E-state index in [1.165, 1.54) is 12.4 Å². The lowest BCUT2D eigenvalue weighted by Gasteiger charge is -2.04. The number of nitrogens with one attached hydrogen (secondary N) is 2. The van der Waals surface area contributed by atoms with Gasteiger partial charge in [0, 0.05) is 25.1 Å². The Bertz CT molecular complexity index is 517. The Kier molecular flexibility index (Phi) is 3.02. The van der Waals surface area contributed by atoms with E-state index in [1.54, 1.807) is 23.1 Å². The van der Waals surface area contributed by atoms with Gasteiger partial charge in [0.05, 0.1) is 12.7 Å². The monoisotopic (exact) mass is 241 g/mol. The minimum absolute atomic E-state index is 0.132. The largest absolute Gasteiger partial charge is 0.284 e. The SMILES string of the molecule is O=S(=O)(NCCn1cccn1)c1cn[nH]c1. The molecule has 0 radical (unpaired) electrons. The van der Waals surface area contributed by atoms with Crippen molar-refractivity contribution in [3.8, 4) is 0 Å². The lowest BCUT2D eigenvalue weighted by molar-refractivity contribution is 0.561. The Hall–Kier alpha value is -1.67. The molecule has 0 aliphatic rings. The second-order valence-corrected chi connectivity index (χ2v) is 4.87. The molecule has 0 atom stereocenters. The summed E-state index contributed by atoms with van der Waals surface area (Å²) in [5.74, 6) is 0. The van der Waals surface area contributed by atoms with Crippen LogP contribution in [0.5, 0.6) is 0 Å². The van der Waals surface area contributed by atoms with Gasteiger partial charge < -0.3 is 0 Å². The van der Waals surface area contributed by atoms with Crippen molar-refractivity contribution in [1.29, 1.82) is 0 Å². The number of rotatable bonds is 5. The van der Waals surface area contributed by atoms with Crippen LogP contribution in [0.4, 0.5) is 0 Å². The van der Waals surface area contributed by atoms with Crippen LogP contribution in [0.2, 0.25) is 0 Å². The zero-order chi connectivity index (χ0) is 11.4. The zero-order valence-corrected chi connectivity index (χ0v) is 9.18. The van der Waals surface area contributed by atoms with Gasteiger partial charge in [-0.1, -0.05) is 0 Å². The number of H-pyrrole nitrogens is 1. The minimum atomic E-state index is -3.46. The highest BCUT2D eigenvalue weighted by atomic mass is 32.2. The van der Waals surface area contributed by atoms with Crippen LogP contribution in [-0.2, 0) is 16.6 Å². The fourth-order valence-corrected chi connectivity index (χ4v) is 2.12. The van der Waals surface area contributed by atoms with Crippen LogP contribution in [-0.4, -0.2) is 34.9 Å². The summed E-state index contributed by atoms with van der Waals surface area (Å²) in [5.41, 5.74) is 0. The third kappa shape index (κ3) is 2.47. The van der Waals surface area contributed by atoms with E-state index in [0.717, 1.165) is 0 Å². The highest BCUT2D eigenvalue weighted by Gasteiger charge is 2.13. The fourth-order valence-electron chi connectivity index (χ4n) is 1.20. The first-order valence-corrected chi connectivity index (χ1v) is 6.13. The summed E-state index contributed by atoms with van der Waals surface area (Å²) in [6, 6.07) is 1.78. The summed E-state index contributed by atoms with van der Waals surface area (Å²) in [4.78, 5) is 0.132. The van der Waals surface area contributed by atoms with Crippen LogP contribution in [0.1, 0.15) is 0 Å². The molecule has 16 heavy (non-hydrogen) atoms. The first-order chi connectivity index (χ1) is 7.68. The highest BCUT2D eigenvalue weighted by Crippen LogP contribution is 2.03. The lowest BCUT2D eigenvalue weighted by Crippen LogP contribution is -2.27. The van der Waals surface area contributed by atoms with Crippen molar-refractivity contribution in [2.24, 2.45) is 0 Å². The molecule has 2 aromatic rings. The molecule has 0 fully saturated rings. The molecule has 0 aliphatic carbocycles. The second-order valence-electron chi connectivity index (χ2n) is 3.10. The van der Waals surface area contributed by atoms with Crippen LogP contribution in [0.3, 0.4) is 0 Å². The molecule has 0 spiro atoms. The number of sulfonamides is 1. The predicted octanol–water partition coefficient (Wildman–Crippen LogP) is -0.415. The van der Waals surface area contributed by atoms with E-state index in [9.17, 15) is 8.42 Å². The van der Waals surface area contributed by atoms with Gasteiger partial charge >= 0.3 is 0 Å². The molecule has 0 unspecified atom stereocenters. The standard InChI is InChI=1S/C8H11N5O2S/c14-16(15,8-6-9-10-7-8)12-3-5-13-4-1-2-11-13/h1-2,4,6-7,12H,3,5H2,(H,9,10). The average Bonchev–Trinajstić information content (AvgIpc) is 2.90. The van der Waals surface area contributed by atoms with Crippen molar-refractivity contribution < 1.29 is 8.42 Å². The van der Waals surface area contributed by atoms with E-state index < -0.39 is 10.0 Å². The lowest BCUT2D eigenvalue weighted by atomic mass is 10.6. The van der Waals surface area contributed by atoms with E-state index >= 15 is 0 Å². The van der Waals surface area contributed by atoms with Crippen LogP contribution in [0.15, 0.2) is 35.7 Å². The third-order valence-corrected chi connectivity index (χ3v) is 3.40. The Balaban J connectivity index is 1.91. The molecule has 2 N–H and O–H groups in total. The quantitative estimate of drug-likeness (QED) is 0.744. The van der Waals surface area contributed by atoms with Gasteiger partial charge in [-0.25, -0.2) is 13.1 Å². The van der Waals surface area contributed by atoms with E-state index in [0.29, 0.717) is 6.54 Å². The van der Waals surface area contributed by atoms with E-state index in [2.05, 4.69) is 20.0 Å². The third-order valence-electron chi connectivity index (χ3n) is 1.98. The fraction of sp³-hybridized carbons (Fsp3) is 0.250. The van der Waals surface area contributed by atoms with Crippen molar-refractivity contribution >= 4 is 10.0 Å². The van der Waals surface area contributed by atoms with Gasteiger partial charge in [0.15, 0.2) is 0 Å². The Labute approximate surface area is 92.5 Å². The van der Waals surface area contributed by atoms with Crippen molar-refractivity contribution in [3.05, 3.63) is 30.9 Å². The molecule has 2 aromatic heterocycles. The topological polar surface area (TPSA) is 92.7 Å². The average molecular weight is 241 g/mol. The Morgan fingerprint density at radius 2 is 2.38 bits per heavy atom. The molecule has 0 aliphatic heterocycles. The molecule has 8 heteroatoms. The number of hydrogen-bond donors (Lipinski definition) is 2. The van der Waals surface area contributed by atoms with Crippen molar-refractivity contribution in [3.63, 3.8) is 0 Å².